The summed E-state index contributed by atoms with van der Waals surface area (Å²) in [6, 6.07) is 3.97. The van der Waals surface area contributed by atoms with Gasteiger partial charge in [-0.3, -0.25) is 4.79 Å². The van der Waals surface area contributed by atoms with E-state index in [9.17, 15) is 13.2 Å². The minimum absolute atomic E-state index is 0.247. The van der Waals surface area contributed by atoms with Gasteiger partial charge in [-0.05, 0) is 24.3 Å². The summed E-state index contributed by atoms with van der Waals surface area (Å²) in [5, 5.41) is 1.99. The molecule has 0 N–H and O–H groups in total. The van der Waals surface area contributed by atoms with Crippen molar-refractivity contribution < 1.29 is 17.9 Å². The molecule has 0 aromatic carbocycles. The molecule has 0 aliphatic carbocycles. The minimum Gasteiger partial charge on any atom is -0.465 e. The fraction of sp³-hybridized carbons (Fsp3) is 0.615. The van der Waals surface area contributed by atoms with Crippen LogP contribution in [0.25, 0.3) is 0 Å². The molecule has 5 nitrogen and oxygen atoms in total. The third kappa shape index (κ3) is 4.29. The average Bonchev–Trinajstić information content (AvgIpc) is 2.91. The molecule has 1 unspecified atom stereocenters. The summed E-state index contributed by atoms with van der Waals surface area (Å²) >= 11 is 1.64. The van der Waals surface area contributed by atoms with Crippen molar-refractivity contribution in [1.29, 1.82) is 0 Å². The van der Waals surface area contributed by atoms with Gasteiger partial charge in [0.2, 0.25) is 10.0 Å². The summed E-state index contributed by atoms with van der Waals surface area (Å²) in [4.78, 5) is 13.1. The Bertz CT molecular complexity index is 539. The molecule has 1 aliphatic heterocycles. The molecule has 2 heterocycles. The number of carbonyl (C=O) groups excluding carboxylic acids is 1. The number of sulfonamides is 1. The van der Waals surface area contributed by atoms with Gasteiger partial charge in [0.25, 0.3) is 0 Å². The summed E-state index contributed by atoms with van der Waals surface area (Å²) in [5.74, 6) is -0.614. The second-order valence-corrected chi connectivity index (χ2v) is 7.97. The van der Waals surface area contributed by atoms with E-state index < -0.39 is 10.0 Å². The lowest BCUT2D eigenvalue weighted by atomic mass is 10.00. The molecule has 0 radical (unpaired) electrons. The lowest BCUT2D eigenvalue weighted by Crippen LogP contribution is -2.42. The molecule has 1 aromatic rings. The van der Waals surface area contributed by atoms with E-state index >= 15 is 0 Å². The fourth-order valence-corrected chi connectivity index (χ4v) is 3.86. The second-order valence-electron chi connectivity index (χ2n) is 4.96. The summed E-state index contributed by atoms with van der Waals surface area (Å²) in [6.07, 6.45) is 3.30. The number of nitrogens with zero attached hydrogens (tertiary/aromatic N) is 1. The molecule has 1 aliphatic rings. The lowest BCUT2D eigenvalue weighted by molar-refractivity contribution is -0.149. The highest BCUT2D eigenvalue weighted by Gasteiger charge is 2.30. The predicted octanol–water partition coefficient (Wildman–Crippen LogP) is 1.51. The van der Waals surface area contributed by atoms with Crippen LogP contribution in [0.5, 0.6) is 0 Å². The van der Waals surface area contributed by atoms with Crippen molar-refractivity contribution in [2.24, 2.45) is 5.92 Å². The molecule has 0 amide bonds. The van der Waals surface area contributed by atoms with Crippen LogP contribution in [0.2, 0.25) is 0 Å². The van der Waals surface area contributed by atoms with Crippen LogP contribution < -0.4 is 0 Å². The quantitative estimate of drug-likeness (QED) is 0.772. The van der Waals surface area contributed by atoms with Crippen molar-refractivity contribution in [3.63, 3.8) is 0 Å². The van der Waals surface area contributed by atoms with Crippen molar-refractivity contribution in [2.75, 3.05) is 26.0 Å². The zero-order valence-electron chi connectivity index (χ0n) is 11.4. The number of ether oxygens (including phenoxy) is 1. The van der Waals surface area contributed by atoms with Crippen molar-refractivity contribution in [3.05, 3.63) is 22.4 Å². The number of hydrogen-bond donors (Lipinski definition) is 0. The summed E-state index contributed by atoms with van der Waals surface area (Å²) < 4.78 is 29.6. The molecule has 7 heteroatoms. The number of hydrogen-bond acceptors (Lipinski definition) is 5. The highest BCUT2D eigenvalue weighted by Crippen LogP contribution is 2.20. The maximum Gasteiger partial charge on any atom is 0.310 e. The zero-order chi connectivity index (χ0) is 14.6. The Balaban J connectivity index is 1.80. The van der Waals surface area contributed by atoms with Gasteiger partial charge in [-0.15, -0.1) is 11.3 Å². The van der Waals surface area contributed by atoms with Crippen LogP contribution in [0, 0.1) is 5.92 Å². The van der Waals surface area contributed by atoms with Crippen LogP contribution in [-0.4, -0.2) is 44.6 Å². The van der Waals surface area contributed by atoms with Crippen molar-refractivity contribution in [3.8, 4) is 0 Å². The number of piperidine rings is 1. The normalized spacial score (nSPS) is 20.8. The van der Waals surface area contributed by atoms with Gasteiger partial charge in [-0.25, -0.2) is 12.7 Å². The van der Waals surface area contributed by atoms with Gasteiger partial charge in [0.05, 0.1) is 18.8 Å². The van der Waals surface area contributed by atoms with Gasteiger partial charge < -0.3 is 4.74 Å². The first-order chi connectivity index (χ1) is 9.47. The molecule has 2 rings (SSSR count). The summed E-state index contributed by atoms with van der Waals surface area (Å²) in [7, 11) is -3.22. The smallest absolute Gasteiger partial charge is 0.310 e. The van der Waals surface area contributed by atoms with E-state index in [0.29, 0.717) is 32.4 Å². The predicted molar refractivity (Wildman–Crippen MR) is 78.1 cm³/mol. The number of rotatable bonds is 5. The first-order valence-corrected chi connectivity index (χ1v) is 9.34. The maximum absolute atomic E-state index is 12.0. The SMILES string of the molecule is CS(=O)(=O)N1CCCC(C(=O)OCCc2cccs2)C1. The van der Waals surface area contributed by atoms with E-state index in [0.717, 1.165) is 0 Å². The van der Waals surface area contributed by atoms with E-state index in [1.54, 1.807) is 11.3 Å². The Morgan fingerprint density at radius 2 is 2.35 bits per heavy atom. The van der Waals surface area contributed by atoms with Crippen molar-refractivity contribution in [2.45, 2.75) is 19.3 Å². The van der Waals surface area contributed by atoms with Crippen LogP contribution in [0.1, 0.15) is 17.7 Å². The second kappa shape index (κ2) is 6.69. The van der Waals surface area contributed by atoms with Crippen LogP contribution in [0.3, 0.4) is 0 Å². The fourth-order valence-electron chi connectivity index (χ4n) is 2.26. The molecule has 112 valence electrons. The van der Waals surface area contributed by atoms with Crippen LogP contribution in [0.4, 0.5) is 0 Å². The van der Waals surface area contributed by atoms with E-state index in [-0.39, 0.29) is 18.4 Å². The van der Waals surface area contributed by atoms with Crippen molar-refractivity contribution in [1.82, 2.24) is 4.31 Å². The Morgan fingerprint density at radius 1 is 1.55 bits per heavy atom. The standard InChI is InChI=1S/C13H19NO4S2/c1-20(16,17)14-7-2-4-11(10-14)13(15)18-8-6-12-5-3-9-19-12/h3,5,9,11H,2,4,6-8,10H2,1H3. The van der Waals surface area contributed by atoms with Crippen molar-refractivity contribution >= 4 is 27.3 Å². The Kier molecular flexibility index (Phi) is 5.17. The average molecular weight is 317 g/mol. The summed E-state index contributed by atoms with van der Waals surface area (Å²) in [5.41, 5.74) is 0. The van der Waals surface area contributed by atoms with Gasteiger partial charge in [0, 0.05) is 24.4 Å². The van der Waals surface area contributed by atoms with Gasteiger partial charge >= 0.3 is 5.97 Å². The molecule has 1 aromatic heterocycles. The highest BCUT2D eigenvalue weighted by atomic mass is 32.2. The molecular formula is C13H19NO4S2. The molecule has 1 fully saturated rings. The van der Waals surface area contributed by atoms with Crippen LogP contribution in [-0.2, 0) is 26.0 Å². The van der Waals surface area contributed by atoms with E-state index in [1.807, 2.05) is 17.5 Å². The molecule has 1 atom stereocenters. The number of carbonyl (C=O) groups is 1. The first kappa shape index (κ1) is 15.5. The Morgan fingerprint density at radius 3 is 3.00 bits per heavy atom. The van der Waals surface area contributed by atoms with Gasteiger partial charge in [-0.1, -0.05) is 6.07 Å². The third-order valence-corrected chi connectivity index (χ3v) is 5.57. The summed E-state index contributed by atoms with van der Waals surface area (Å²) in [6.45, 7) is 1.10. The molecular weight excluding hydrogens is 298 g/mol. The Hall–Kier alpha value is -0.920. The largest absolute Gasteiger partial charge is 0.465 e. The molecule has 0 spiro atoms. The third-order valence-electron chi connectivity index (χ3n) is 3.36. The Labute approximate surface area is 123 Å². The van der Waals surface area contributed by atoms with E-state index in [2.05, 4.69) is 0 Å². The van der Waals surface area contributed by atoms with Gasteiger partial charge in [0.1, 0.15) is 0 Å². The highest BCUT2D eigenvalue weighted by molar-refractivity contribution is 7.88. The molecule has 1 saturated heterocycles. The molecule has 0 bridgehead atoms. The van der Waals surface area contributed by atoms with E-state index in [1.165, 1.54) is 15.4 Å². The van der Waals surface area contributed by atoms with Crippen LogP contribution in [0.15, 0.2) is 17.5 Å². The van der Waals surface area contributed by atoms with E-state index in [4.69, 9.17) is 4.74 Å². The topological polar surface area (TPSA) is 63.7 Å². The number of esters is 1. The number of thiophene rings is 1. The van der Waals surface area contributed by atoms with Crippen LogP contribution >= 0.6 is 11.3 Å². The minimum atomic E-state index is -3.22. The van der Waals surface area contributed by atoms with Gasteiger partial charge in [-0.2, -0.15) is 0 Å². The maximum atomic E-state index is 12.0. The van der Waals surface area contributed by atoms with Gasteiger partial charge in [0.15, 0.2) is 0 Å². The first-order valence-electron chi connectivity index (χ1n) is 6.61. The molecule has 20 heavy (non-hydrogen) atoms. The lowest BCUT2D eigenvalue weighted by Gasteiger charge is -2.29. The zero-order valence-corrected chi connectivity index (χ0v) is 13.1. The monoisotopic (exact) mass is 317 g/mol. The molecule has 0 saturated carbocycles.